The van der Waals surface area contributed by atoms with Crippen LogP contribution in [-0.4, -0.2) is 24.1 Å². The van der Waals surface area contributed by atoms with Crippen LogP contribution in [0, 0.1) is 11.8 Å². The van der Waals surface area contributed by atoms with Gasteiger partial charge in [0.1, 0.15) is 12.4 Å². The van der Waals surface area contributed by atoms with Gasteiger partial charge in [0, 0.05) is 12.2 Å². The largest absolute Gasteiger partial charge is 0.491 e. The number of rotatable bonds is 8. The zero-order valence-corrected chi connectivity index (χ0v) is 19.0. The number of likely N-dealkylation sites (tertiary alicyclic amines) is 1. The molecule has 1 aliphatic heterocycles. The maximum atomic E-state index is 6.32. The summed E-state index contributed by atoms with van der Waals surface area (Å²) in [4.78, 5) is 2.59. The zero-order chi connectivity index (χ0) is 20.8. The van der Waals surface area contributed by atoms with Gasteiger partial charge in [0.2, 0.25) is 0 Å². The Labute approximate surface area is 179 Å². The molecule has 0 bridgehead atoms. The number of benzene rings is 1. The molecule has 2 fully saturated rings. The number of allylic oxidation sites excluding steroid dienone is 2. The summed E-state index contributed by atoms with van der Waals surface area (Å²) in [5, 5.41) is 0. The third-order valence-corrected chi connectivity index (χ3v) is 7.24. The van der Waals surface area contributed by atoms with E-state index in [4.69, 9.17) is 4.74 Å². The van der Waals surface area contributed by atoms with Gasteiger partial charge in [-0.15, -0.1) is 0 Å². The fourth-order valence-electron chi connectivity index (χ4n) is 5.28. The van der Waals surface area contributed by atoms with E-state index in [2.05, 4.69) is 57.0 Å². The molecule has 2 aliphatic rings. The van der Waals surface area contributed by atoms with E-state index in [1.54, 1.807) is 0 Å². The van der Waals surface area contributed by atoms with Crippen LogP contribution in [0.4, 0.5) is 0 Å². The Hall–Kier alpha value is -1.70. The van der Waals surface area contributed by atoms with Gasteiger partial charge in [-0.1, -0.05) is 57.9 Å². The first-order chi connectivity index (χ1) is 14.0. The lowest BCUT2D eigenvalue weighted by Crippen LogP contribution is -2.44. The third-order valence-electron chi connectivity index (χ3n) is 7.24. The second-order valence-corrected chi connectivity index (χ2v) is 9.28. The molecule has 1 saturated heterocycles. The number of hydrogen-bond donors (Lipinski definition) is 0. The minimum Gasteiger partial charge on any atom is -0.491 e. The maximum Gasteiger partial charge on any atom is 0.119 e. The molecule has 0 N–H and O–H groups in total. The van der Waals surface area contributed by atoms with Crippen molar-refractivity contribution in [1.82, 2.24) is 4.90 Å². The van der Waals surface area contributed by atoms with Gasteiger partial charge >= 0.3 is 0 Å². The molecule has 0 radical (unpaired) electrons. The van der Waals surface area contributed by atoms with Crippen molar-refractivity contribution in [3.63, 3.8) is 0 Å². The molecular weight excluding hydrogens is 354 g/mol. The van der Waals surface area contributed by atoms with Crippen molar-refractivity contribution in [1.29, 1.82) is 0 Å². The van der Waals surface area contributed by atoms with E-state index < -0.39 is 0 Å². The van der Waals surface area contributed by atoms with Crippen LogP contribution in [0.15, 0.2) is 37.1 Å². The third kappa shape index (κ3) is 5.47. The number of piperidine rings is 1. The highest BCUT2D eigenvalue weighted by atomic mass is 16.5. The summed E-state index contributed by atoms with van der Waals surface area (Å²) in [6, 6.07) is 6.93. The predicted octanol–water partition coefficient (Wildman–Crippen LogP) is 7.25. The summed E-state index contributed by atoms with van der Waals surface area (Å²) in [5.74, 6) is 2.40. The second-order valence-electron chi connectivity index (χ2n) is 9.28. The van der Waals surface area contributed by atoms with E-state index in [1.807, 2.05) is 0 Å². The predicted molar refractivity (Wildman–Crippen MR) is 125 cm³/mol. The molecule has 0 amide bonds. The molecule has 1 aromatic carbocycles. The average Bonchev–Trinajstić information content (AvgIpc) is 2.77. The first kappa shape index (κ1) is 22.0. The Balaban J connectivity index is 1.64. The Morgan fingerprint density at radius 2 is 1.83 bits per heavy atom. The molecule has 3 rings (SSSR count). The summed E-state index contributed by atoms with van der Waals surface area (Å²) in [6.45, 7) is 17.3. The van der Waals surface area contributed by atoms with Crippen molar-refractivity contribution in [2.45, 2.75) is 84.6 Å². The SMILES string of the molecule is C=C(C)c1ccc(OCC2CCCCN2C(=C)C(C)C2CCCCC2)cc1CC. The highest BCUT2D eigenvalue weighted by molar-refractivity contribution is 5.65. The Kier molecular flexibility index (Phi) is 7.86. The van der Waals surface area contributed by atoms with E-state index in [9.17, 15) is 0 Å². The first-order valence-electron chi connectivity index (χ1n) is 11.9. The van der Waals surface area contributed by atoms with Gasteiger partial charge in [-0.3, -0.25) is 0 Å². The zero-order valence-electron chi connectivity index (χ0n) is 19.0. The van der Waals surface area contributed by atoms with Crippen LogP contribution in [0.2, 0.25) is 0 Å². The van der Waals surface area contributed by atoms with Gasteiger partial charge in [-0.25, -0.2) is 0 Å². The van der Waals surface area contributed by atoms with Gasteiger partial charge in [0.05, 0.1) is 6.04 Å². The molecule has 1 aliphatic carbocycles. The molecule has 1 aromatic rings. The summed E-state index contributed by atoms with van der Waals surface area (Å²) in [7, 11) is 0. The number of aryl methyl sites for hydroxylation is 1. The Bertz CT molecular complexity index is 700. The molecule has 29 heavy (non-hydrogen) atoms. The highest BCUT2D eigenvalue weighted by Crippen LogP contribution is 2.36. The molecule has 0 aromatic heterocycles. The standard InChI is InChI=1S/C27H41NO/c1-6-23-18-26(15-16-27(23)20(2)3)29-19-25-14-10-11-17-28(25)22(5)21(4)24-12-8-7-9-13-24/h15-16,18,21,24-25H,2,5-14,17,19H2,1,3-4H3. The topological polar surface area (TPSA) is 12.5 Å². The molecule has 2 heteroatoms. The van der Waals surface area contributed by atoms with Crippen molar-refractivity contribution in [3.8, 4) is 5.75 Å². The Morgan fingerprint density at radius 1 is 1.10 bits per heavy atom. The van der Waals surface area contributed by atoms with Crippen molar-refractivity contribution in [2.24, 2.45) is 11.8 Å². The van der Waals surface area contributed by atoms with Crippen LogP contribution in [0.3, 0.4) is 0 Å². The van der Waals surface area contributed by atoms with Gasteiger partial charge < -0.3 is 9.64 Å². The lowest BCUT2D eigenvalue weighted by molar-refractivity contribution is 0.110. The molecule has 2 nitrogen and oxygen atoms in total. The average molecular weight is 396 g/mol. The summed E-state index contributed by atoms with van der Waals surface area (Å²) in [6.07, 6.45) is 11.8. The summed E-state index contributed by atoms with van der Waals surface area (Å²) >= 11 is 0. The van der Waals surface area contributed by atoms with Crippen LogP contribution >= 0.6 is 0 Å². The van der Waals surface area contributed by atoms with E-state index in [0.29, 0.717) is 12.0 Å². The van der Waals surface area contributed by atoms with Gasteiger partial charge in [0.15, 0.2) is 0 Å². The summed E-state index contributed by atoms with van der Waals surface area (Å²) < 4.78 is 6.32. The van der Waals surface area contributed by atoms with Crippen LogP contribution in [0.1, 0.15) is 83.3 Å². The monoisotopic (exact) mass is 395 g/mol. The molecule has 2 unspecified atom stereocenters. The van der Waals surface area contributed by atoms with E-state index in [1.165, 1.54) is 68.2 Å². The van der Waals surface area contributed by atoms with E-state index in [0.717, 1.165) is 36.8 Å². The van der Waals surface area contributed by atoms with Crippen LogP contribution in [0.25, 0.3) is 5.57 Å². The second kappa shape index (κ2) is 10.4. The van der Waals surface area contributed by atoms with Crippen molar-refractivity contribution in [2.75, 3.05) is 13.2 Å². The number of ether oxygens (including phenoxy) is 1. The number of hydrogen-bond acceptors (Lipinski definition) is 2. The molecule has 1 heterocycles. The van der Waals surface area contributed by atoms with Crippen LogP contribution in [-0.2, 0) is 6.42 Å². The molecule has 160 valence electrons. The quantitative estimate of drug-likeness (QED) is 0.460. The molecule has 2 atom stereocenters. The number of nitrogens with zero attached hydrogens (tertiary/aromatic N) is 1. The fraction of sp³-hybridized carbons (Fsp3) is 0.630. The first-order valence-corrected chi connectivity index (χ1v) is 11.9. The van der Waals surface area contributed by atoms with Crippen molar-refractivity contribution in [3.05, 3.63) is 48.2 Å². The van der Waals surface area contributed by atoms with E-state index >= 15 is 0 Å². The molecule has 0 spiro atoms. The lowest BCUT2D eigenvalue weighted by Gasteiger charge is -2.42. The maximum absolute atomic E-state index is 6.32. The lowest BCUT2D eigenvalue weighted by atomic mass is 9.79. The van der Waals surface area contributed by atoms with Gasteiger partial charge in [0.25, 0.3) is 0 Å². The Morgan fingerprint density at radius 3 is 2.52 bits per heavy atom. The van der Waals surface area contributed by atoms with Crippen molar-refractivity contribution < 1.29 is 4.74 Å². The summed E-state index contributed by atoms with van der Waals surface area (Å²) in [5.41, 5.74) is 5.07. The minimum absolute atomic E-state index is 0.452. The van der Waals surface area contributed by atoms with Gasteiger partial charge in [-0.2, -0.15) is 0 Å². The highest BCUT2D eigenvalue weighted by Gasteiger charge is 2.30. The van der Waals surface area contributed by atoms with E-state index in [-0.39, 0.29) is 0 Å². The smallest absolute Gasteiger partial charge is 0.119 e. The van der Waals surface area contributed by atoms with Gasteiger partial charge in [-0.05, 0) is 80.5 Å². The van der Waals surface area contributed by atoms with Crippen LogP contribution < -0.4 is 4.74 Å². The molecule has 1 saturated carbocycles. The fourth-order valence-corrected chi connectivity index (χ4v) is 5.28. The van der Waals surface area contributed by atoms with Crippen LogP contribution in [0.5, 0.6) is 5.75 Å². The minimum atomic E-state index is 0.452. The molecular formula is C27H41NO. The normalized spacial score (nSPS) is 21.6. The van der Waals surface area contributed by atoms with Crippen molar-refractivity contribution >= 4 is 5.57 Å².